The molecule has 0 fully saturated rings. The van der Waals surface area contributed by atoms with Crippen molar-refractivity contribution in [1.29, 1.82) is 5.41 Å². The number of halogens is 1. The van der Waals surface area contributed by atoms with Crippen molar-refractivity contribution in [2.24, 2.45) is 5.73 Å². The first-order valence-corrected chi connectivity index (χ1v) is 6.93. The molecule has 2 rings (SSSR count). The maximum atomic E-state index is 14.0. The summed E-state index contributed by atoms with van der Waals surface area (Å²) in [4.78, 5) is 0. The Bertz CT molecular complexity index is 655. The summed E-state index contributed by atoms with van der Waals surface area (Å²) in [7, 11) is 0. The zero-order chi connectivity index (χ0) is 15.4. The summed E-state index contributed by atoms with van der Waals surface area (Å²) in [6, 6.07) is 11.9. The number of hydrogen-bond acceptors (Lipinski definition) is 2. The molecule has 21 heavy (non-hydrogen) atoms. The Kier molecular flexibility index (Phi) is 4.58. The topological polar surface area (TPSA) is 59.1 Å². The van der Waals surface area contributed by atoms with E-state index in [0.717, 1.165) is 12.0 Å². The zero-order valence-electron chi connectivity index (χ0n) is 12.2. The summed E-state index contributed by atoms with van der Waals surface area (Å²) in [5, 5.41) is 7.31. The van der Waals surface area contributed by atoms with Crippen molar-refractivity contribution in [1.82, 2.24) is 0 Å². The Morgan fingerprint density at radius 3 is 2.57 bits per heavy atom. The summed E-state index contributed by atoms with van der Waals surface area (Å²) < 4.78 is 19.7. The highest BCUT2D eigenvalue weighted by molar-refractivity contribution is 5.95. The molecule has 4 heteroatoms. The molecule has 3 nitrogen and oxygen atoms in total. The van der Waals surface area contributed by atoms with Crippen LogP contribution >= 0.6 is 0 Å². The van der Waals surface area contributed by atoms with Crippen molar-refractivity contribution in [2.75, 3.05) is 0 Å². The lowest BCUT2D eigenvalue weighted by Crippen LogP contribution is -2.11. The molecule has 3 N–H and O–H groups in total. The molecule has 0 amide bonds. The van der Waals surface area contributed by atoms with Crippen LogP contribution in [0.3, 0.4) is 0 Å². The van der Waals surface area contributed by atoms with Gasteiger partial charge in [-0.3, -0.25) is 5.41 Å². The highest BCUT2D eigenvalue weighted by Crippen LogP contribution is 2.33. The highest BCUT2D eigenvalue weighted by Gasteiger charge is 2.13. The van der Waals surface area contributed by atoms with Gasteiger partial charge in [-0.25, -0.2) is 4.39 Å². The number of hydrogen-bond donors (Lipinski definition) is 2. The lowest BCUT2D eigenvalue weighted by Gasteiger charge is -2.16. The van der Waals surface area contributed by atoms with Crippen LogP contribution in [-0.2, 0) is 0 Å². The second-order valence-corrected chi connectivity index (χ2v) is 5.01. The van der Waals surface area contributed by atoms with Crippen LogP contribution in [0, 0.1) is 11.2 Å². The Morgan fingerprint density at radius 1 is 1.24 bits per heavy atom. The Hall–Kier alpha value is -2.36. The molecule has 0 saturated carbocycles. The lowest BCUT2D eigenvalue weighted by molar-refractivity contribution is 0.434. The molecule has 0 radical (unpaired) electrons. The normalized spacial score (nSPS) is 12.0. The molecular formula is C17H19FN2O. The molecule has 0 aromatic heterocycles. The van der Waals surface area contributed by atoms with E-state index < -0.39 is 5.82 Å². The summed E-state index contributed by atoms with van der Waals surface area (Å²) in [5.41, 5.74) is 6.74. The van der Waals surface area contributed by atoms with Crippen LogP contribution in [0.5, 0.6) is 11.5 Å². The van der Waals surface area contributed by atoms with Gasteiger partial charge in [0.05, 0.1) is 0 Å². The molecule has 0 heterocycles. The molecule has 0 saturated heterocycles. The average Bonchev–Trinajstić information content (AvgIpc) is 2.49. The van der Waals surface area contributed by atoms with Gasteiger partial charge < -0.3 is 10.5 Å². The van der Waals surface area contributed by atoms with Crippen LogP contribution in [-0.4, -0.2) is 5.84 Å². The van der Waals surface area contributed by atoms with Crippen LogP contribution < -0.4 is 10.5 Å². The fraction of sp³-hybridized carbons (Fsp3) is 0.235. The van der Waals surface area contributed by atoms with E-state index in [-0.39, 0.29) is 11.6 Å². The Labute approximate surface area is 124 Å². The second kappa shape index (κ2) is 6.39. The quantitative estimate of drug-likeness (QED) is 0.631. The molecule has 0 aliphatic rings. The lowest BCUT2D eigenvalue weighted by atomic mass is 9.98. The van der Waals surface area contributed by atoms with Crippen LogP contribution in [0.1, 0.15) is 37.3 Å². The number of ether oxygens (including phenoxy) is 1. The fourth-order valence-electron chi connectivity index (χ4n) is 2.07. The maximum Gasteiger partial charge on any atom is 0.166 e. The number of nitrogens with one attached hydrogen (secondary N) is 1. The van der Waals surface area contributed by atoms with Crippen molar-refractivity contribution in [3.05, 3.63) is 59.4 Å². The number of nitrogens with two attached hydrogens (primary N) is 1. The minimum absolute atomic E-state index is 0.135. The Morgan fingerprint density at radius 2 is 1.95 bits per heavy atom. The van der Waals surface area contributed by atoms with E-state index in [9.17, 15) is 4.39 Å². The van der Waals surface area contributed by atoms with Crippen molar-refractivity contribution >= 4 is 5.84 Å². The minimum atomic E-state index is -0.526. The van der Waals surface area contributed by atoms with Gasteiger partial charge in [0.2, 0.25) is 0 Å². The van der Waals surface area contributed by atoms with Gasteiger partial charge in [0.25, 0.3) is 0 Å². The summed E-state index contributed by atoms with van der Waals surface area (Å²) in [6.45, 7) is 4.21. The van der Waals surface area contributed by atoms with Gasteiger partial charge in [0.1, 0.15) is 11.6 Å². The van der Waals surface area contributed by atoms with Crippen LogP contribution in [0.4, 0.5) is 4.39 Å². The number of para-hydroxylation sites is 1. The van der Waals surface area contributed by atoms with Crippen molar-refractivity contribution in [2.45, 2.75) is 26.2 Å². The number of nitrogen functional groups attached to an aromatic ring is 1. The monoisotopic (exact) mass is 286 g/mol. The molecule has 110 valence electrons. The molecule has 0 spiro atoms. The molecular weight excluding hydrogens is 267 g/mol. The van der Waals surface area contributed by atoms with E-state index in [1.54, 1.807) is 6.07 Å². The predicted molar refractivity (Wildman–Crippen MR) is 82.6 cm³/mol. The first-order valence-electron chi connectivity index (χ1n) is 6.93. The SMILES string of the molecule is CCC(C)c1ccccc1Oc1ccc(C(=N)N)cc1F. The van der Waals surface area contributed by atoms with Crippen molar-refractivity contribution in [3.63, 3.8) is 0 Å². The predicted octanol–water partition coefficient (Wildman–Crippen LogP) is 4.42. The van der Waals surface area contributed by atoms with Gasteiger partial charge in [-0.15, -0.1) is 0 Å². The number of benzene rings is 2. The molecule has 1 atom stereocenters. The van der Waals surface area contributed by atoms with E-state index in [1.165, 1.54) is 12.1 Å². The number of rotatable bonds is 5. The van der Waals surface area contributed by atoms with Crippen molar-refractivity contribution < 1.29 is 9.13 Å². The molecule has 0 bridgehead atoms. The fourth-order valence-corrected chi connectivity index (χ4v) is 2.07. The largest absolute Gasteiger partial charge is 0.454 e. The van der Waals surface area contributed by atoms with Gasteiger partial charge in [-0.2, -0.15) is 0 Å². The number of amidine groups is 1. The summed E-state index contributed by atoms with van der Waals surface area (Å²) in [5.74, 6) is 0.431. The molecule has 0 aliphatic heterocycles. The molecule has 1 unspecified atom stereocenters. The standard InChI is InChI=1S/C17H19FN2O/c1-3-11(2)13-6-4-5-7-15(13)21-16-9-8-12(17(19)20)10-14(16)18/h4-11H,3H2,1-2H3,(H3,19,20). The van der Waals surface area contributed by atoms with Gasteiger partial charge in [-0.1, -0.05) is 32.0 Å². The zero-order valence-corrected chi connectivity index (χ0v) is 12.2. The second-order valence-electron chi connectivity index (χ2n) is 5.01. The Balaban J connectivity index is 2.33. The molecule has 2 aromatic carbocycles. The van der Waals surface area contributed by atoms with Crippen LogP contribution in [0.25, 0.3) is 0 Å². The van der Waals surface area contributed by atoms with Crippen LogP contribution in [0.15, 0.2) is 42.5 Å². The minimum Gasteiger partial charge on any atom is -0.454 e. The summed E-state index contributed by atoms with van der Waals surface area (Å²) in [6.07, 6.45) is 0.978. The van der Waals surface area contributed by atoms with Gasteiger partial charge >= 0.3 is 0 Å². The maximum absolute atomic E-state index is 14.0. The highest BCUT2D eigenvalue weighted by atomic mass is 19.1. The van der Waals surface area contributed by atoms with E-state index in [2.05, 4.69) is 13.8 Å². The first kappa shape index (κ1) is 15.0. The van der Waals surface area contributed by atoms with E-state index >= 15 is 0 Å². The molecule has 2 aromatic rings. The third kappa shape index (κ3) is 3.40. The average molecular weight is 286 g/mol. The third-order valence-corrected chi connectivity index (χ3v) is 3.53. The van der Waals surface area contributed by atoms with Crippen molar-refractivity contribution in [3.8, 4) is 11.5 Å². The van der Waals surface area contributed by atoms with E-state index in [1.807, 2.05) is 24.3 Å². The van der Waals surface area contributed by atoms with Gasteiger partial charge in [-0.05, 0) is 42.2 Å². The van der Waals surface area contributed by atoms with Gasteiger partial charge in [0.15, 0.2) is 11.6 Å². The van der Waals surface area contributed by atoms with Gasteiger partial charge in [0, 0.05) is 5.56 Å². The summed E-state index contributed by atoms with van der Waals surface area (Å²) >= 11 is 0. The van der Waals surface area contributed by atoms with Crippen LogP contribution in [0.2, 0.25) is 0 Å². The molecule has 0 aliphatic carbocycles. The first-order chi connectivity index (χ1) is 10.0. The third-order valence-electron chi connectivity index (χ3n) is 3.53. The van der Waals surface area contributed by atoms with E-state index in [4.69, 9.17) is 15.9 Å². The van der Waals surface area contributed by atoms with E-state index in [0.29, 0.717) is 17.2 Å². The smallest absolute Gasteiger partial charge is 0.166 e.